The third kappa shape index (κ3) is 6.21. The number of carboxylic acids is 1. The summed E-state index contributed by atoms with van der Waals surface area (Å²) in [4.78, 5) is 12.9. The average Bonchev–Trinajstić information content (AvgIpc) is 3.34. The summed E-state index contributed by atoms with van der Waals surface area (Å²) in [5, 5.41) is 29.6. The van der Waals surface area contributed by atoms with E-state index in [4.69, 9.17) is 4.74 Å². The van der Waals surface area contributed by atoms with E-state index in [1.807, 2.05) is 74.0 Å². The average molecular weight is 530 g/mol. The van der Waals surface area contributed by atoms with Crippen molar-refractivity contribution >= 4 is 17.0 Å². The molecule has 2 atom stereocenters. The van der Waals surface area contributed by atoms with E-state index in [0.29, 0.717) is 32.6 Å². The maximum atomic E-state index is 12.9. The number of aliphatic hydroxyl groups excluding tert-OH is 1. The van der Waals surface area contributed by atoms with Crippen LogP contribution in [-0.2, 0) is 34.5 Å². The topological polar surface area (TPSA) is 97.5 Å². The fraction of sp³-hybridized carbons (Fsp3) is 0.406. The zero-order valence-corrected chi connectivity index (χ0v) is 23.4. The van der Waals surface area contributed by atoms with E-state index in [1.54, 1.807) is 6.92 Å². The van der Waals surface area contributed by atoms with Gasteiger partial charge in [0.1, 0.15) is 5.52 Å². The highest BCUT2D eigenvalue weighted by Crippen LogP contribution is 2.37. The van der Waals surface area contributed by atoms with E-state index in [-0.39, 0.29) is 0 Å². The Morgan fingerprint density at radius 3 is 2.51 bits per heavy atom. The van der Waals surface area contributed by atoms with Crippen LogP contribution in [0.1, 0.15) is 72.6 Å². The third-order valence-corrected chi connectivity index (χ3v) is 7.79. The zero-order valence-electron chi connectivity index (χ0n) is 23.4. The fourth-order valence-corrected chi connectivity index (χ4v) is 5.43. The van der Waals surface area contributed by atoms with Crippen molar-refractivity contribution < 1.29 is 19.7 Å². The molecule has 0 saturated heterocycles. The Kier molecular flexibility index (Phi) is 9.15. The number of unbranched alkanes of at least 4 members (excludes halogenated alkanes) is 1. The predicted molar refractivity (Wildman–Crippen MR) is 153 cm³/mol. The van der Waals surface area contributed by atoms with Crippen LogP contribution in [0.25, 0.3) is 11.0 Å². The molecule has 3 aromatic carbocycles. The molecule has 7 heteroatoms. The second kappa shape index (κ2) is 12.5. The van der Waals surface area contributed by atoms with E-state index in [0.717, 1.165) is 51.7 Å². The highest BCUT2D eigenvalue weighted by molar-refractivity contribution is 5.87. The quantitative estimate of drug-likeness (QED) is 0.204. The number of fused-ring (bicyclic) bond motifs is 1. The molecule has 0 radical (unpaired) electrons. The van der Waals surface area contributed by atoms with E-state index < -0.39 is 17.5 Å². The van der Waals surface area contributed by atoms with E-state index in [1.165, 1.54) is 5.56 Å². The van der Waals surface area contributed by atoms with Crippen molar-refractivity contribution in [1.82, 2.24) is 15.0 Å². The lowest BCUT2D eigenvalue weighted by atomic mass is 9.71. The van der Waals surface area contributed by atoms with Gasteiger partial charge in [0.25, 0.3) is 0 Å². The van der Waals surface area contributed by atoms with Crippen LogP contribution in [-0.4, -0.2) is 37.8 Å². The summed E-state index contributed by atoms with van der Waals surface area (Å²) >= 11 is 0. The van der Waals surface area contributed by atoms with Crippen molar-refractivity contribution in [3.63, 3.8) is 0 Å². The zero-order chi connectivity index (χ0) is 28.0. The van der Waals surface area contributed by atoms with Gasteiger partial charge in [-0.3, -0.25) is 4.79 Å². The summed E-state index contributed by atoms with van der Waals surface area (Å²) in [5.74, 6) is -0.866. The van der Waals surface area contributed by atoms with Gasteiger partial charge in [-0.15, -0.1) is 5.10 Å². The minimum atomic E-state index is -1.12. The van der Waals surface area contributed by atoms with Gasteiger partial charge >= 0.3 is 5.97 Å². The number of hydrogen-bond acceptors (Lipinski definition) is 5. The molecule has 0 aliphatic heterocycles. The Hall–Kier alpha value is -3.55. The molecule has 0 spiro atoms. The van der Waals surface area contributed by atoms with Crippen molar-refractivity contribution in [2.45, 2.75) is 78.0 Å². The maximum Gasteiger partial charge on any atom is 0.314 e. The highest BCUT2D eigenvalue weighted by Gasteiger charge is 2.40. The van der Waals surface area contributed by atoms with Crippen molar-refractivity contribution in [3.05, 3.63) is 94.0 Å². The number of ether oxygens (including phenoxy) is 1. The lowest BCUT2D eigenvalue weighted by Crippen LogP contribution is -2.38. The smallest absolute Gasteiger partial charge is 0.314 e. The van der Waals surface area contributed by atoms with Gasteiger partial charge in [0, 0.05) is 13.2 Å². The van der Waals surface area contributed by atoms with Crippen molar-refractivity contribution in [2.75, 3.05) is 6.61 Å². The molecule has 0 saturated carbocycles. The summed E-state index contributed by atoms with van der Waals surface area (Å²) in [6.45, 7) is 9.55. The number of rotatable bonds is 13. The van der Waals surface area contributed by atoms with Crippen LogP contribution in [0.5, 0.6) is 0 Å². The van der Waals surface area contributed by atoms with E-state index in [9.17, 15) is 15.0 Å². The SMILES string of the molecule is CCC(Cc1ccc(C)c(C(C)O)c1)(C(=O)O)c1ccc2c(nnn2CCCCOCc2ccccc2)c1C. The molecule has 2 unspecified atom stereocenters. The Morgan fingerprint density at radius 1 is 1.05 bits per heavy atom. The van der Waals surface area contributed by atoms with Gasteiger partial charge in [-0.2, -0.15) is 0 Å². The normalized spacial score (nSPS) is 13.9. The van der Waals surface area contributed by atoms with Crippen molar-refractivity contribution in [1.29, 1.82) is 0 Å². The second-order valence-corrected chi connectivity index (χ2v) is 10.4. The first kappa shape index (κ1) is 28.5. The number of benzene rings is 3. The number of nitrogens with zero attached hydrogens (tertiary/aromatic N) is 3. The van der Waals surface area contributed by atoms with Crippen LogP contribution in [0.15, 0.2) is 60.7 Å². The summed E-state index contributed by atoms with van der Waals surface area (Å²) in [7, 11) is 0. The first-order chi connectivity index (χ1) is 18.8. The number of hydrogen-bond donors (Lipinski definition) is 2. The molecule has 1 aromatic heterocycles. The van der Waals surface area contributed by atoms with Crippen molar-refractivity contribution in [3.8, 4) is 0 Å². The van der Waals surface area contributed by atoms with Gasteiger partial charge in [0.2, 0.25) is 0 Å². The van der Waals surface area contributed by atoms with Gasteiger partial charge < -0.3 is 14.9 Å². The van der Waals surface area contributed by atoms with E-state index in [2.05, 4.69) is 22.4 Å². The molecular weight excluding hydrogens is 490 g/mol. The molecule has 0 aliphatic rings. The van der Waals surface area contributed by atoms with Crippen molar-refractivity contribution in [2.24, 2.45) is 0 Å². The Labute approximate surface area is 230 Å². The fourth-order valence-electron chi connectivity index (χ4n) is 5.43. The van der Waals surface area contributed by atoms with Crippen LogP contribution >= 0.6 is 0 Å². The van der Waals surface area contributed by atoms with Gasteiger partial charge in [-0.1, -0.05) is 66.7 Å². The molecule has 4 rings (SSSR count). The van der Waals surface area contributed by atoms with Gasteiger partial charge in [-0.25, -0.2) is 4.68 Å². The molecule has 2 N–H and O–H groups in total. The molecule has 0 fully saturated rings. The number of aromatic nitrogens is 3. The Balaban J connectivity index is 1.50. The second-order valence-electron chi connectivity index (χ2n) is 10.4. The van der Waals surface area contributed by atoms with Crippen LogP contribution in [0.4, 0.5) is 0 Å². The molecule has 206 valence electrons. The minimum Gasteiger partial charge on any atom is -0.481 e. The van der Waals surface area contributed by atoms with Crippen LogP contribution in [0.2, 0.25) is 0 Å². The molecule has 1 heterocycles. The first-order valence-electron chi connectivity index (χ1n) is 13.7. The minimum absolute atomic E-state index is 0.322. The first-order valence-corrected chi connectivity index (χ1v) is 13.7. The Bertz CT molecular complexity index is 1410. The van der Waals surface area contributed by atoms with Gasteiger partial charge in [0.05, 0.1) is 23.6 Å². The highest BCUT2D eigenvalue weighted by atomic mass is 16.5. The summed E-state index contributed by atoms with van der Waals surface area (Å²) in [6, 6.07) is 19.9. The molecule has 0 bridgehead atoms. The Morgan fingerprint density at radius 2 is 1.82 bits per heavy atom. The molecule has 7 nitrogen and oxygen atoms in total. The lowest BCUT2D eigenvalue weighted by Gasteiger charge is -2.31. The number of aryl methyl sites for hydroxylation is 3. The molecule has 0 aliphatic carbocycles. The number of aliphatic hydroxyl groups is 1. The number of carboxylic acid groups (broad SMARTS) is 1. The largest absolute Gasteiger partial charge is 0.481 e. The monoisotopic (exact) mass is 529 g/mol. The molecular formula is C32H39N3O4. The third-order valence-electron chi connectivity index (χ3n) is 7.79. The van der Waals surface area contributed by atoms with Crippen LogP contribution in [0, 0.1) is 13.8 Å². The molecule has 4 aromatic rings. The van der Waals surface area contributed by atoms with Gasteiger partial charge in [0.15, 0.2) is 0 Å². The predicted octanol–water partition coefficient (Wildman–Crippen LogP) is 6.07. The summed E-state index contributed by atoms with van der Waals surface area (Å²) < 4.78 is 7.69. The summed E-state index contributed by atoms with van der Waals surface area (Å²) in [6.07, 6.45) is 1.94. The number of carbonyl (C=O) groups is 1. The van der Waals surface area contributed by atoms with Crippen LogP contribution in [0.3, 0.4) is 0 Å². The molecule has 39 heavy (non-hydrogen) atoms. The van der Waals surface area contributed by atoms with Gasteiger partial charge in [-0.05, 0) is 85.9 Å². The van der Waals surface area contributed by atoms with E-state index >= 15 is 0 Å². The summed E-state index contributed by atoms with van der Waals surface area (Å²) in [5.41, 5.74) is 5.99. The number of aliphatic carboxylic acids is 1. The van der Waals surface area contributed by atoms with Crippen LogP contribution < -0.4 is 0 Å². The maximum absolute atomic E-state index is 12.9. The molecule has 0 amide bonds. The lowest BCUT2D eigenvalue weighted by molar-refractivity contribution is -0.144. The standard InChI is InChI=1S/C32H39N3O4/c1-5-32(31(37)38,20-26-14-13-22(2)27(19-26)24(4)36)28-15-16-29-30(23(28)3)33-34-35(29)17-9-10-18-39-21-25-11-7-6-8-12-25/h6-8,11-16,19,24,36H,5,9-10,17-18,20-21H2,1-4H3,(H,37,38).